The number of hydrogen-bond acceptors (Lipinski definition) is 3. The summed E-state index contributed by atoms with van der Waals surface area (Å²) >= 11 is 1.90. The summed E-state index contributed by atoms with van der Waals surface area (Å²) in [6.45, 7) is 3.39. The van der Waals surface area contributed by atoms with E-state index in [0.29, 0.717) is 0 Å². The first kappa shape index (κ1) is 11.9. The van der Waals surface area contributed by atoms with Crippen LogP contribution in [0.3, 0.4) is 0 Å². The molecule has 1 aliphatic rings. The Bertz CT molecular complexity index is 459. The molecule has 0 N–H and O–H groups in total. The van der Waals surface area contributed by atoms with Gasteiger partial charge in [-0.1, -0.05) is 12.1 Å². The van der Waals surface area contributed by atoms with Crippen LogP contribution in [-0.2, 0) is 6.54 Å². The van der Waals surface area contributed by atoms with Gasteiger partial charge in [0.1, 0.15) is 0 Å². The minimum Gasteiger partial charge on any atom is -0.297 e. The van der Waals surface area contributed by atoms with E-state index in [4.69, 9.17) is 0 Å². The highest BCUT2D eigenvalue weighted by molar-refractivity contribution is 7.10. The highest BCUT2D eigenvalue weighted by Gasteiger charge is 2.21. The topological polar surface area (TPSA) is 16.1 Å². The maximum absolute atomic E-state index is 4.40. The molecule has 1 fully saturated rings. The zero-order valence-electron chi connectivity index (χ0n) is 10.5. The van der Waals surface area contributed by atoms with Crippen LogP contribution in [0.4, 0.5) is 0 Å². The molecular weight excluding hydrogens is 240 g/mol. The van der Waals surface area contributed by atoms with E-state index in [9.17, 15) is 0 Å². The SMILES string of the molecule is c1ccc(CN2CCC(c3cccs3)CC2)nc1. The Morgan fingerprint density at radius 3 is 2.72 bits per heavy atom. The molecule has 1 aliphatic heterocycles. The van der Waals surface area contributed by atoms with Crippen molar-refractivity contribution >= 4 is 11.3 Å². The molecule has 0 aromatic carbocycles. The number of thiophene rings is 1. The van der Waals surface area contributed by atoms with Gasteiger partial charge in [0.05, 0.1) is 5.69 Å². The summed E-state index contributed by atoms with van der Waals surface area (Å²) in [5.74, 6) is 0.782. The summed E-state index contributed by atoms with van der Waals surface area (Å²) in [6, 6.07) is 10.6. The Hall–Kier alpha value is -1.19. The molecule has 3 heterocycles. The van der Waals surface area contributed by atoms with Crippen LogP contribution in [0, 0.1) is 0 Å². The van der Waals surface area contributed by atoms with Gasteiger partial charge in [-0.25, -0.2) is 0 Å². The van der Waals surface area contributed by atoms with E-state index in [-0.39, 0.29) is 0 Å². The molecular formula is C15H18N2S. The molecule has 0 radical (unpaired) electrons. The Morgan fingerprint density at radius 2 is 2.06 bits per heavy atom. The summed E-state index contributed by atoms with van der Waals surface area (Å²) in [6.07, 6.45) is 4.45. The number of hydrogen-bond donors (Lipinski definition) is 0. The van der Waals surface area contributed by atoms with Crippen LogP contribution in [0.1, 0.15) is 29.3 Å². The number of likely N-dealkylation sites (tertiary alicyclic amines) is 1. The number of piperidine rings is 1. The van der Waals surface area contributed by atoms with Crippen molar-refractivity contribution in [1.82, 2.24) is 9.88 Å². The van der Waals surface area contributed by atoms with Gasteiger partial charge in [-0.3, -0.25) is 9.88 Å². The first-order chi connectivity index (χ1) is 8.92. The van der Waals surface area contributed by atoms with E-state index >= 15 is 0 Å². The quantitative estimate of drug-likeness (QED) is 0.837. The van der Waals surface area contributed by atoms with Crippen LogP contribution in [0.5, 0.6) is 0 Å². The molecule has 18 heavy (non-hydrogen) atoms. The van der Waals surface area contributed by atoms with Crippen LogP contribution in [0.25, 0.3) is 0 Å². The molecule has 94 valence electrons. The van der Waals surface area contributed by atoms with Gasteiger partial charge in [0, 0.05) is 17.6 Å². The third-order valence-electron chi connectivity index (χ3n) is 3.64. The molecule has 2 aromatic heterocycles. The maximum atomic E-state index is 4.40. The summed E-state index contributed by atoms with van der Waals surface area (Å²) in [4.78, 5) is 8.48. The third kappa shape index (κ3) is 2.79. The minimum atomic E-state index is 0.782. The Kier molecular flexibility index (Phi) is 3.72. The van der Waals surface area contributed by atoms with E-state index in [1.807, 2.05) is 23.6 Å². The lowest BCUT2D eigenvalue weighted by molar-refractivity contribution is 0.203. The zero-order valence-corrected chi connectivity index (χ0v) is 11.3. The largest absolute Gasteiger partial charge is 0.297 e. The number of nitrogens with zero attached hydrogens (tertiary/aromatic N) is 2. The van der Waals surface area contributed by atoms with E-state index < -0.39 is 0 Å². The van der Waals surface area contributed by atoms with Gasteiger partial charge in [0.15, 0.2) is 0 Å². The fourth-order valence-corrected chi connectivity index (χ4v) is 3.52. The molecule has 0 bridgehead atoms. The molecule has 0 atom stereocenters. The molecule has 0 amide bonds. The van der Waals surface area contributed by atoms with Crippen LogP contribution < -0.4 is 0 Å². The van der Waals surface area contributed by atoms with Crippen LogP contribution in [0.15, 0.2) is 41.9 Å². The minimum absolute atomic E-state index is 0.782. The summed E-state index contributed by atoms with van der Waals surface area (Å²) in [5, 5.41) is 2.19. The Labute approximate surface area is 112 Å². The van der Waals surface area contributed by atoms with Crippen molar-refractivity contribution in [2.75, 3.05) is 13.1 Å². The van der Waals surface area contributed by atoms with Crippen LogP contribution in [-0.4, -0.2) is 23.0 Å². The van der Waals surface area contributed by atoms with Crippen molar-refractivity contribution < 1.29 is 0 Å². The lowest BCUT2D eigenvalue weighted by Gasteiger charge is -2.31. The van der Waals surface area contributed by atoms with Gasteiger partial charge in [-0.15, -0.1) is 11.3 Å². The molecule has 1 saturated heterocycles. The third-order valence-corrected chi connectivity index (χ3v) is 4.68. The number of aromatic nitrogens is 1. The van der Waals surface area contributed by atoms with Gasteiger partial charge in [-0.05, 0) is 55.4 Å². The van der Waals surface area contributed by atoms with E-state index in [0.717, 1.165) is 12.5 Å². The monoisotopic (exact) mass is 258 g/mol. The lowest BCUT2D eigenvalue weighted by Crippen LogP contribution is -2.32. The standard InChI is InChI=1S/C15H18N2S/c1-2-8-16-14(4-1)12-17-9-6-13(7-10-17)15-5-3-11-18-15/h1-5,8,11,13H,6-7,9-10,12H2. The van der Waals surface area contributed by atoms with Crippen molar-refractivity contribution in [3.8, 4) is 0 Å². The second kappa shape index (κ2) is 5.63. The maximum Gasteiger partial charge on any atom is 0.0543 e. The highest BCUT2D eigenvalue weighted by Crippen LogP contribution is 2.31. The fourth-order valence-electron chi connectivity index (χ4n) is 2.62. The van der Waals surface area contributed by atoms with E-state index in [2.05, 4.69) is 39.5 Å². The van der Waals surface area contributed by atoms with Gasteiger partial charge in [0.25, 0.3) is 0 Å². The zero-order chi connectivity index (χ0) is 12.2. The number of rotatable bonds is 3. The Morgan fingerprint density at radius 1 is 1.17 bits per heavy atom. The second-order valence-corrected chi connectivity index (χ2v) is 5.87. The molecule has 0 saturated carbocycles. The summed E-state index contributed by atoms with van der Waals surface area (Å²) in [5.41, 5.74) is 1.19. The van der Waals surface area contributed by atoms with Crippen LogP contribution in [0.2, 0.25) is 0 Å². The second-order valence-electron chi connectivity index (χ2n) is 4.89. The normalized spacial score (nSPS) is 18.0. The van der Waals surface area contributed by atoms with Crippen molar-refractivity contribution in [3.63, 3.8) is 0 Å². The predicted molar refractivity (Wildman–Crippen MR) is 75.8 cm³/mol. The van der Waals surface area contributed by atoms with Crippen molar-refractivity contribution in [1.29, 1.82) is 0 Å². The predicted octanol–water partition coefficient (Wildman–Crippen LogP) is 3.52. The molecule has 2 aromatic rings. The fraction of sp³-hybridized carbons (Fsp3) is 0.400. The Balaban J connectivity index is 1.54. The molecule has 0 unspecified atom stereocenters. The van der Waals surface area contributed by atoms with Crippen molar-refractivity contribution in [3.05, 3.63) is 52.5 Å². The van der Waals surface area contributed by atoms with Crippen molar-refractivity contribution in [2.45, 2.75) is 25.3 Å². The summed E-state index contributed by atoms with van der Waals surface area (Å²) in [7, 11) is 0. The average Bonchev–Trinajstić information content (AvgIpc) is 2.95. The summed E-state index contributed by atoms with van der Waals surface area (Å²) < 4.78 is 0. The smallest absolute Gasteiger partial charge is 0.0543 e. The highest BCUT2D eigenvalue weighted by atomic mass is 32.1. The van der Waals surface area contributed by atoms with Gasteiger partial charge in [-0.2, -0.15) is 0 Å². The average molecular weight is 258 g/mol. The van der Waals surface area contributed by atoms with E-state index in [1.165, 1.54) is 31.6 Å². The molecule has 0 spiro atoms. The molecule has 3 rings (SSSR count). The molecule has 2 nitrogen and oxygen atoms in total. The first-order valence-electron chi connectivity index (χ1n) is 6.57. The van der Waals surface area contributed by atoms with Gasteiger partial charge in [0.2, 0.25) is 0 Å². The van der Waals surface area contributed by atoms with E-state index in [1.54, 1.807) is 4.88 Å². The van der Waals surface area contributed by atoms with Crippen LogP contribution >= 0.6 is 11.3 Å². The molecule has 3 heteroatoms. The van der Waals surface area contributed by atoms with Gasteiger partial charge < -0.3 is 0 Å². The lowest BCUT2D eigenvalue weighted by atomic mass is 9.95. The first-order valence-corrected chi connectivity index (χ1v) is 7.45. The number of pyridine rings is 1. The molecule has 0 aliphatic carbocycles. The van der Waals surface area contributed by atoms with Crippen molar-refractivity contribution in [2.24, 2.45) is 0 Å². The van der Waals surface area contributed by atoms with Gasteiger partial charge >= 0.3 is 0 Å².